The van der Waals surface area contributed by atoms with Crippen LogP contribution in [0.25, 0.3) is 0 Å². The predicted octanol–water partition coefficient (Wildman–Crippen LogP) is 4.40. The third kappa shape index (κ3) is 3.73. The van der Waals surface area contributed by atoms with Gasteiger partial charge in [0.2, 0.25) is 5.67 Å². The summed E-state index contributed by atoms with van der Waals surface area (Å²) in [5, 5.41) is 8.75. The molecule has 1 unspecified atom stereocenters. The summed E-state index contributed by atoms with van der Waals surface area (Å²) >= 11 is 0. The third-order valence-electron chi connectivity index (χ3n) is 3.48. The van der Waals surface area contributed by atoms with Crippen LogP contribution in [0, 0.1) is 0 Å². The van der Waals surface area contributed by atoms with Gasteiger partial charge in [0.15, 0.2) is 5.78 Å². The SMILES string of the molecule is CC(F)(c1ccc(Oc2ccc(C(=O)CO)cc2)cc1)C(F)(F)F. The molecule has 0 fully saturated rings. The molecule has 2 rings (SSSR count). The lowest BCUT2D eigenvalue weighted by atomic mass is 9.97. The van der Waals surface area contributed by atoms with E-state index in [9.17, 15) is 22.4 Å². The van der Waals surface area contributed by atoms with E-state index in [0.29, 0.717) is 18.2 Å². The van der Waals surface area contributed by atoms with Crippen LogP contribution >= 0.6 is 0 Å². The number of aliphatic hydroxyl groups is 1. The normalized spacial score (nSPS) is 14.1. The molecule has 0 aliphatic heterocycles. The number of alkyl halides is 4. The molecule has 0 aliphatic rings. The van der Waals surface area contributed by atoms with Crippen LogP contribution in [0.4, 0.5) is 17.6 Å². The zero-order chi connectivity index (χ0) is 18.0. The molecule has 0 bridgehead atoms. The first-order valence-corrected chi connectivity index (χ1v) is 6.93. The van der Waals surface area contributed by atoms with Gasteiger partial charge in [-0.1, -0.05) is 12.1 Å². The van der Waals surface area contributed by atoms with E-state index < -0.39 is 29.8 Å². The van der Waals surface area contributed by atoms with Crippen LogP contribution in [0.2, 0.25) is 0 Å². The first-order valence-electron chi connectivity index (χ1n) is 6.93. The van der Waals surface area contributed by atoms with Crippen molar-refractivity contribution in [2.75, 3.05) is 6.61 Å². The van der Waals surface area contributed by atoms with Gasteiger partial charge in [0, 0.05) is 5.56 Å². The molecule has 0 saturated carbocycles. The Bertz CT molecular complexity index is 704. The summed E-state index contributed by atoms with van der Waals surface area (Å²) in [7, 11) is 0. The Morgan fingerprint density at radius 3 is 1.83 bits per heavy atom. The Kier molecular flexibility index (Phi) is 4.94. The lowest BCUT2D eigenvalue weighted by Crippen LogP contribution is -2.34. The van der Waals surface area contributed by atoms with Gasteiger partial charge in [0.25, 0.3) is 0 Å². The van der Waals surface area contributed by atoms with Crippen LogP contribution in [0.3, 0.4) is 0 Å². The Morgan fingerprint density at radius 1 is 0.958 bits per heavy atom. The van der Waals surface area contributed by atoms with Gasteiger partial charge in [-0.25, -0.2) is 4.39 Å². The Labute approximate surface area is 135 Å². The summed E-state index contributed by atoms with van der Waals surface area (Å²) in [6.07, 6.45) is -5.01. The minimum absolute atomic E-state index is 0.220. The average molecular weight is 342 g/mol. The minimum Gasteiger partial charge on any atom is -0.457 e. The standard InChI is InChI=1S/C17H14F4O3/c1-16(18,17(19,20)21)12-4-8-14(9-5-12)24-13-6-2-11(3-7-13)15(23)10-22/h2-9,22H,10H2,1H3. The quantitative estimate of drug-likeness (QED) is 0.647. The fourth-order valence-electron chi connectivity index (χ4n) is 1.94. The molecule has 0 aromatic heterocycles. The van der Waals surface area contributed by atoms with Crippen molar-refractivity contribution >= 4 is 5.78 Å². The smallest absolute Gasteiger partial charge is 0.426 e. The van der Waals surface area contributed by atoms with E-state index in [0.717, 1.165) is 12.1 Å². The number of benzene rings is 2. The summed E-state index contributed by atoms with van der Waals surface area (Å²) in [4.78, 5) is 11.3. The molecule has 3 nitrogen and oxygen atoms in total. The van der Waals surface area contributed by atoms with Gasteiger partial charge in [-0.3, -0.25) is 4.79 Å². The molecule has 0 aliphatic carbocycles. The zero-order valence-corrected chi connectivity index (χ0v) is 12.6. The fourth-order valence-corrected chi connectivity index (χ4v) is 1.94. The summed E-state index contributed by atoms with van der Waals surface area (Å²) in [6, 6.07) is 10.3. The average Bonchev–Trinajstić information content (AvgIpc) is 2.54. The van der Waals surface area contributed by atoms with Crippen molar-refractivity contribution in [3.8, 4) is 11.5 Å². The Morgan fingerprint density at radius 2 is 1.42 bits per heavy atom. The second kappa shape index (κ2) is 6.60. The van der Waals surface area contributed by atoms with Crippen LogP contribution in [-0.4, -0.2) is 23.7 Å². The van der Waals surface area contributed by atoms with Crippen molar-refractivity contribution in [1.82, 2.24) is 0 Å². The van der Waals surface area contributed by atoms with E-state index in [2.05, 4.69) is 0 Å². The van der Waals surface area contributed by atoms with Gasteiger partial charge in [-0.15, -0.1) is 0 Å². The summed E-state index contributed by atoms with van der Waals surface area (Å²) in [6.45, 7) is -0.150. The van der Waals surface area contributed by atoms with Crippen molar-refractivity contribution < 1.29 is 32.2 Å². The van der Waals surface area contributed by atoms with E-state index in [1.54, 1.807) is 0 Å². The number of Topliss-reactive ketones (excluding diaryl/α,β-unsaturated/α-hetero) is 1. The highest BCUT2D eigenvalue weighted by atomic mass is 19.4. The molecule has 24 heavy (non-hydrogen) atoms. The maximum atomic E-state index is 13.8. The molecule has 0 heterocycles. The highest BCUT2D eigenvalue weighted by Gasteiger charge is 2.53. The van der Waals surface area contributed by atoms with Gasteiger partial charge in [-0.05, 0) is 48.9 Å². The highest BCUT2D eigenvalue weighted by Crippen LogP contribution is 2.42. The second-order valence-electron chi connectivity index (χ2n) is 5.23. The van der Waals surface area contributed by atoms with Crippen LogP contribution in [0.15, 0.2) is 48.5 Å². The molecule has 0 radical (unpaired) electrons. The number of ether oxygens (including phenoxy) is 1. The topological polar surface area (TPSA) is 46.5 Å². The maximum Gasteiger partial charge on any atom is 0.426 e. The Balaban J connectivity index is 2.13. The zero-order valence-electron chi connectivity index (χ0n) is 12.6. The molecule has 128 valence electrons. The fraction of sp³-hybridized carbons (Fsp3) is 0.235. The monoisotopic (exact) mass is 342 g/mol. The molecule has 2 aromatic rings. The van der Waals surface area contributed by atoms with E-state index in [1.807, 2.05) is 0 Å². The highest BCUT2D eigenvalue weighted by molar-refractivity contribution is 5.96. The number of ketones is 1. The number of carbonyl (C=O) groups is 1. The van der Waals surface area contributed by atoms with Gasteiger partial charge < -0.3 is 9.84 Å². The van der Waals surface area contributed by atoms with Crippen molar-refractivity contribution in [2.24, 2.45) is 0 Å². The van der Waals surface area contributed by atoms with E-state index in [4.69, 9.17) is 9.84 Å². The van der Waals surface area contributed by atoms with Gasteiger partial charge in [0.1, 0.15) is 18.1 Å². The van der Waals surface area contributed by atoms with Gasteiger partial charge in [0.05, 0.1) is 0 Å². The predicted molar refractivity (Wildman–Crippen MR) is 78.9 cm³/mol. The second-order valence-corrected chi connectivity index (χ2v) is 5.23. The van der Waals surface area contributed by atoms with E-state index >= 15 is 0 Å². The maximum absolute atomic E-state index is 13.8. The van der Waals surface area contributed by atoms with Gasteiger partial charge >= 0.3 is 6.18 Å². The van der Waals surface area contributed by atoms with Crippen molar-refractivity contribution in [3.05, 3.63) is 59.7 Å². The van der Waals surface area contributed by atoms with Crippen LogP contribution in [0.1, 0.15) is 22.8 Å². The van der Waals surface area contributed by atoms with Crippen molar-refractivity contribution in [1.29, 1.82) is 0 Å². The van der Waals surface area contributed by atoms with E-state index in [-0.39, 0.29) is 5.75 Å². The molecule has 0 saturated heterocycles. The summed E-state index contributed by atoms with van der Waals surface area (Å²) < 4.78 is 57.2. The van der Waals surface area contributed by atoms with Crippen LogP contribution in [0.5, 0.6) is 11.5 Å². The van der Waals surface area contributed by atoms with Crippen molar-refractivity contribution in [3.63, 3.8) is 0 Å². The summed E-state index contributed by atoms with van der Waals surface area (Å²) in [5.74, 6) is 0.120. The minimum atomic E-state index is -5.01. The molecular formula is C17H14F4O3. The molecule has 0 amide bonds. The summed E-state index contributed by atoms with van der Waals surface area (Å²) in [5.41, 5.74) is -3.66. The number of rotatable bonds is 5. The Hall–Kier alpha value is -2.41. The lowest BCUT2D eigenvalue weighted by Gasteiger charge is -2.24. The largest absolute Gasteiger partial charge is 0.457 e. The molecule has 7 heteroatoms. The third-order valence-corrected chi connectivity index (χ3v) is 3.48. The van der Waals surface area contributed by atoms with Gasteiger partial charge in [-0.2, -0.15) is 13.2 Å². The first-order chi connectivity index (χ1) is 11.1. The molecule has 0 spiro atoms. The van der Waals surface area contributed by atoms with Crippen LogP contribution in [-0.2, 0) is 5.67 Å². The first kappa shape index (κ1) is 17.9. The number of halogens is 4. The number of hydrogen-bond acceptors (Lipinski definition) is 3. The molecular weight excluding hydrogens is 328 g/mol. The number of carbonyl (C=O) groups excluding carboxylic acids is 1. The molecule has 1 atom stereocenters. The molecule has 2 aromatic carbocycles. The van der Waals surface area contributed by atoms with Crippen molar-refractivity contribution in [2.45, 2.75) is 18.8 Å². The lowest BCUT2D eigenvalue weighted by molar-refractivity contribution is -0.228. The van der Waals surface area contributed by atoms with Crippen LogP contribution < -0.4 is 4.74 Å². The van der Waals surface area contributed by atoms with E-state index in [1.165, 1.54) is 36.4 Å². The number of aliphatic hydroxyl groups excluding tert-OH is 1. The number of hydrogen-bond donors (Lipinski definition) is 1. The molecule has 1 N–H and O–H groups in total.